The van der Waals surface area contributed by atoms with Gasteiger partial charge in [0.15, 0.2) is 0 Å². The summed E-state index contributed by atoms with van der Waals surface area (Å²) < 4.78 is 4.28. The zero-order valence-corrected chi connectivity index (χ0v) is 3.55. The molecule has 1 aliphatic rings. The summed E-state index contributed by atoms with van der Waals surface area (Å²) in [6, 6.07) is 0. The minimum absolute atomic E-state index is 0.213. The summed E-state index contributed by atoms with van der Waals surface area (Å²) in [5.41, 5.74) is 0. The van der Waals surface area contributed by atoms with Crippen LogP contribution in [0.4, 0.5) is 0 Å². The van der Waals surface area contributed by atoms with Crippen molar-refractivity contribution in [1.82, 2.24) is 0 Å². The highest BCUT2D eigenvalue weighted by Gasteiger charge is 2.13. The maximum atomic E-state index is 10.0. The fraction of sp³-hybridized carbons (Fsp3) is 0.250. The van der Waals surface area contributed by atoms with Crippen molar-refractivity contribution >= 4 is 5.97 Å². The first-order chi connectivity index (χ1) is 3.30. The third-order valence-corrected chi connectivity index (χ3v) is 0.700. The van der Waals surface area contributed by atoms with Crippen LogP contribution < -0.4 is 0 Å². The third-order valence-electron chi connectivity index (χ3n) is 0.700. The van der Waals surface area contributed by atoms with Crippen LogP contribution in [-0.2, 0) is 9.53 Å². The Hall–Kier alpha value is -0.990. The summed E-state index contributed by atoms with van der Waals surface area (Å²) in [5.74, 6) is -0.903. The molecule has 0 unspecified atom stereocenters. The third kappa shape index (κ3) is 0.559. The van der Waals surface area contributed by atoms with Crippen LogP contribution in [0.1, 0.15) is 0 Å². The maximum Gasteiger partial charge on any atom is 0.373 e. The summed E-state index contributed by atoms with van der Waals surface area (Å²) in [7, 11) is 0. The number of rotatable bonds is 0. The van der Waals surface area contributed by atoms with Crippen LogP contribution in [0.2, 0.25) is 0 Å². The molecule has 3 nitrogen and oxygen atoms in total. The Bertz CT molecular complexity index is 125. The van der Waals surface area contributed by atoms with Crippen molar-refractivity contribution in [2.24, 2.45) is 0 Å². The second-order valence-electron chi connectivity index (χ2n) is 1.19. The molecule has 0 fully saturated rings. The molecular formula is C4H4O3. The minimum Gasteiger partial charge on any atom is -0.502 e. The Kier molecular flexibility index (Phi) is 0.749. The normalized spacial score (nSPS) is 18.9. The molecule has 0 aromatic carbocycles. The van der Waals surface area contributed by atoms with E-state index in [9.17, 15) is 4.79 Å². The first kappa shape index (κ1) is 4.18. The molecule has 0 amide bonds. The van der Waals surface area contributed by atoms with Gasteiger partial charge in [-0.15, -0.1) is 0 Å². The molecule has 1 rings (SSSR count). The maximum absolute atomic E-state index is 10.0. The number of aliphatic hydroxyl groups is 1. The summed E-state index contributed by atoms with van der Waals surface area (Å²) in [6.45, 7) is 0.213. The Morgan fingerprint density at radius 2 is 2.57 bits per heavy atom. The van der Waals surface area contributed by atoms with Crippen LogP contribution in [0.3, 0.4) is 0 Å². The van der Waals surface area contributed by atoms with Gasteiger partial charge in [-0.25, -0.2) is 4.79 Å². The van der Waals surface area contributed by atoms with E-state index in [1.54, 1.807) is 0 Å². The van der Waals surface area contributed by atoms with Crippen molar-refractivity contribution in [2.75, 3.05) is 6.61 Å². The molecule has 1 heterocycles. The van der Waals surface area contributed by atoms with E-state index in [2.05, 4.69) is 4.74 Å². The van der Waals surface area contributed by atoms with E-state index in [-0.39, 0.29) is 12.4 Å². The average molecular weight is 100 g/mol. The van der Waals surface area contributed by atoms with Gasteiger partial charge in [0, 0.05) is 6.08 Å². The summed E-state index contributed by atoms with van der Waals surface area (Å²) in [6.07, 6.45) is 1.32. The highest BCUT2D eigenvalue weighted by atomic mass is 16.6. The second-order valence-corrected chi connectivity index (χ2v) is 1.19. The van der Waals surface area contributed by atoms with Crippen LogP contribution in [0.25, 0.3) is 0 Å². The predicted octanol–water partition coefficient (Wildman–Crippen LogP) is -0.0149. The van der Waals surface area contributed by atoms with Crippen molar-refractivity contribution in [3.8, 4) is 0 Å². The molecular weight excluding hydrogens is 96.0 g/mol. The van der Waals surface area contributed by atoms with Gasteiger partial charge in [0.2, 0.25) is 5.76 Å². The van der Waals surface area contributed by atoms with Crippen molar-refractivity contribution in [3.63, 3.8) is 0 Å². The number of cyclic esters (lactones) is 1. The number of carbonyl (C=O) groups excluding carboxylic acids is 1. The highest BCUT2D eigenvalue weighted by molar-refractivity contribution is 5.87. The smallest absolute Gasteiger partial charge is 0.373 e. The molecule has 7 heavy (non-hydrogen) atoms. The van der Waals surface area contributed by atoms with E-state index >= 15 is 0 Å². The van der Waals surface area contributed by atoms with Crippen molar-refractivity contribution in [3.05, 3.63) is 11.8 Å². The number of esters is 1. The van der Waals surface area contributed by atoms with Crippen molar-refractivity contribution < 1.29 is 14.6 Å². The molecule has 0 spiro atoms. The molecule has 0 atom stereocenters. The molecule has 0 saturated carbocycles. The molecule has 0 aliphatic carbocycles. The predicted molar refractivity (Wildman–Crippen MR) is 21.7 cm³/mol. The lowest BCUT2D eigenvalue weighted by Gasteiger charge is -1.84. The lowest BCUT2D eigenvalue weighted by molar-refractivity contribution is -0.138. The lowest BCUT2D eigenvalue weighted by Crippen LogP contribution is -1.96. The number of ether oxygens (including phenoxy) is 1. The van der Waals surface area contributed by atoms with Gasteiger partial charge in [-0.2, -0.15) is 0 Å². The summed E-state index contributed by atoms with van der Waals surface area (Å²) in [5, 5.41) is 8.38. The topological polar surface area (TPSA) is 46.5 Å². The minimum atomic E-state index is -0.625. The Morgan fingerprint density at radius 1 is 1.86 bits per heavy atom. The van der Waals surface area contributed by atoms with Gasteiger partial charge in [-0.05, 0) is 0 Å². The van der Waals surface area contributed by atoms with E-state index in [1.165, 1.54) is 6.08 Å². The molecule has 3 heteroatoms. The molecule has 0 saturated heterocycles. The fourth-order valence-corrected chi connectivity index (χ4v) is 0.354. The van der Waals surface area contributed by atoms with Crippen LogP contribution in [0, 0.1) is 0 Å². The number of hydrogen-bond donors (Lipinski definition) is 1. The zero-order chi connectivity index (χ0) is 5.28. The zero-order valence-electron chi connectivity index (χ0n) is 3.55. The van der Waals surface area contributed by atoms with Crippen molar-refractivity contribution in [1.29, 1.82) is 0 Å². The van der Waals surface area contributed by atoms with Crippen LogP contribution in [0.5, 0.6) is 0 Å². The van der Waals surface area contributed by atoms with Gasteiger partial charge < -0.3 is 9.84 Å². The van der Waals surface area contributed by atoms with E-state index < -0.39 is 5.97 Å². The molecule has 38 valence electrons. The van der Waals surface area contributed by atoms with Crippen LogP contribution >= 0.6 is 0 Å². The molecule has 0 aromatic rings. The second kappa shape index (κ2) is 1.26. The molecule has 0 radical (unpaired) electrons. The fourth-order valence-electron chi connectivity index (χ4n) is 0.354. The largest absolute Gasteiger partial charge is 0.502 e. The Morgan fingerprint density at radius 3 is 2.71 bits per heavy atom. The molecule has 0 aromatic heterocycles. The van der Waals surface area contributed by atoms with Gasteiger partial charge in [0.25, 0.3) is 0 Å². The van der Waals surface area contributed by atoms with E-state index in [0.717, 1.165) is 0 Å². The van der Waals surface area contributed by atoms with Crippen LogP contribution in [-0.4, -0.2) is 17.7 Å². The Balaban J connectivity index is 2.72. The highest BCUT2D eigenvalue weighted by Crippen LogP contribution is 1.99. The monoisotopic (exact) mass is 100 g/mol. The van der Waals surface area contributed by atoms with Crippen molar-refractivity contribution in [2.45, 2.75) is 0 Å². The van der Waals surface area contributed by atoms with E-state index in [4.69, 9.17) is 5.11 Å². The van der Waals surface area contributed by atoms with Crippen LogP contribution in [0.15, 0.2) is 11.8 Å². The quantitative estimate of drug-likeness (QED) is 0.435. The summed E-state index contributed by atoms with van der Waals surface area (Å²) >= 11 is 0. The van der Waals surface area contributed by atoms with Gasteiger partial charge in [-0.3, -0.25) is 0 Å². The number of carbonyl (C=O) groups is 1. The van der Waals surface area contributed by atoms with E-state index in [1.807, 2.05) is 0 Å². The summed E-state index contributed by atoms with van der Waals surface area (Å²) in [4.78, 5) is 10.0. The molecule has 1 aliphatic heterocycles. The first-order valence-corrected chi connectivity index (χ1v) is 1.87. The van der Waals surface area contributed by atoms with E-state index in [0.29, 0.717) is 0 Å². The Labute approximate surface area is 40.2 Å². The lowest BCUT2D eigenvalue weighted by atomic mass is 10.5. The molecule has 1 N–H and O–H groups in total. The molecule has 0 bridgehead atoms. The standard InChI is InChI=1S/C4H4O3/c5-3-1-2-7-4(3)6/h1,5H,2H2. The SMILES string of the molecule is O=C1OCC=C1O. The average Bonchev–Trinajstić information content (AvgIpc) is 1.91. The van der Waals surface area contributed by atoms with Gasteiger partial charge in [0.1, 0.15) is 6.61 Å². The van der Waals surface area contributed by atoms with Gasteiger partial charge in [-0.1, -0.05) is 0 Å². The number of hydrogen-bond acceptors (Lipinski definition) is 3. The first-order valence-electron chi connectivity index (χ1n) is 1.87. The van der Waals surface area contributed by atoms with Gasteiger partial charge >= 0.3 is 5.97 Å². The van der Waals surface area contributed by atoms with Gasteiger partial charge in [0.05, 0.1) is 0 Å². The number of aliphatic hydroxyl groups excluding tert-OH is 1.